The van der Waals surface area contributed by atoms with E-state index in [2.05, 4.69) is 9.62 Å². The quantitative estimate of drug-likeness (QED) is 0.387. The monoisotopic (exact) mass is 626 g/mol. The Bertz CT molecular complexity index is 1480. The number of alkyl halides is 1. The number of nitrogens with one attached hydrogen (secondary N) is 1. The molecule has 5 rings (SSSR count). The van der Waals surface area contributed by atoms with Crippen LogP contribution in [0.5, 0.6) is 0 Å². The molecule has 0 bridgehead atoms. The Kier molecular flexibility index (Phi) is 9.06. The number of hydrogen-bond donors (Lipinski definition) is 3. The first-order chi connectivity index (χ1) is 20.7. The summed E-state index contributed by atoms with van der Waals surface area (Å²) < 4.78 is 30.9. The summed E-state index contributed by atoms with van der Waals surface area (Å²) in [6.45, 7) is 8.34. The van der Waals surface area contributed by atoms with Gasteiger partial charge < -0.3 is 20.4 Å². The number of carbonyl (C=O) groups excluding carboxylic acids is 2. The van der Waals surface area contributed by atoms with E-state index in [4.69, 9.17) is 4.99 Å². The molecule has 3 aliphatic rings. The molecule has 44 heavy (non-hydrogen) atoms. The van der Waals surface area contributed by atoms with E-state index in [9.17, 15) is 28.6 Å². The maximum atomic E-state index is 14.5. The van der Waals surface area contributed by atoms with Crippen molar-refractivity contribution in [2.75, 3.05) is 32.8 Å². The highest BCUT2D eigenvalue weighted by Crippen LogP contribution is 2.35. The number of piperidine rings is 2. The molecular weight excluding hydrogens is 586 g/mol. The van der Waals surface area contributed by atoms with Crippen molar-refractivity contribution in [2.45, 2.75) is 70.2 Å². The molecule has 2 aromatic carbocycles. The van der Waals surface area contributed by atoms with Gasteiger partial charge in [-0.25, -0.2) is 13.1 Å². The number of hydrogen-bond acceptors (Lipinski definition) is 7. The smallest absolute Gasteiger partial charge is 0.253 e. The summed E-state index contributed by atoms with van der Waals surface area (Å²) in [4.78, 5) is 32.6. The fourth-order valence-electron chi connectivity index (χ4n) is 6.09. The van der Waals surface area contributed by atoms with Gasteiger partial charge >= 0.3 is 0 Å². The van der Waals surface area contributed by atoms with Crippen LogP contribution in [-0.4, -0.2) is 81.0 Å². The summed E-state index contributed by atoms with van der Waals surface area (Å²) in [5.41, 5.74) is 0.168. The molecular formula is C33H40F2N4O4S. The van der Waals surface area contributed by atoms with Gasteiger partial charge in [-0.05, 0) is 112 Å². The number of likely N-dealkylation sites (tertiary alicyclic amines) is 1. The standard InChI is InChI=1S/C33H40F2N4O4S/c1-21-17-24(29(41)38-12-8-32(43,20-40)9-13-38)18-22(2)25(21)7-16-44-39-14-10-33(11-15-39)30(42)36-28(37-33)23-5-6-27(34)26(19-23)31(3,4)35/h5-7,16-19,40,43H,8-15,20H2,1-4H3,(H,36,37,42)/b16-7+. The average molecular weight is 627 g/mol. The van der Waals surface area contributed by atoms with E-state index in [1.165, 1.54) is 32.0 Å². The van der Waals surface area contributed by atoms with Crippen LogP contribution >= 0.6 is 11.9 Å². The molecule has 236 valence electrons. The van der Waals surface area contributed by atoms with Crippen LogP contribution < -0.4 is 5.32 Å². The van der Waals surface area contributed by atoms with Crippen LogP contribution in [0.1, 0.15) is 77.7 Å². The summed E-state index contributed by atoms with van der Waals surface area (Å²) in [5, 5.41) is 24.5. The molecule has 11 heteroatoms. The zero-order valence-electron chi connectivity index (χ0n) is 25.6. The first-order valence-electron chi connectivity index (χ1n) is 15.0. The average Bonchev–Trinajstić information content (AvgIpc) is 3.30. The molecule has 0 saturated carbocycles. The number of amidine groups is 1. The van der Waals surface area contributed by atoms with Crippen molar-refractivity contribution >= 4 is 35.7 Å². The van der Waals surface area contributed by atoms with Gasteiger partial charge in [0.05, 0.1) is 12.2 Å². The molecule has 0 aromatic heterocycles. The van der Waals surface area contributed by atoms with Crippen LogP contribution in [0.2, 0.25) is 0 Å². The van der Waals surface area contributed by atoms with Crippen molar-refractivity contribution in [1.82, 2.24) is 14.5 Å². The summed E-state index contributed by atoms with van der Waals surface area (Å²) in [6.07, 6.45) is 3.79. The van der Waals surface area contributed by atoms with Crippen LogP contribution in [0.3, 0.4) is 0 Å². The minimum atomic E-state index is -1.86. The predicted octanol–water partition coefficient (Wildman–Crippen LogP) is 4.64. The zero-order valence-corrected chi connectivity index (χ0v) is 26.4. The first kappa shape index (κ1) is 32.3. The van der Waals surface area contributed by atoms with Crippen LogP contribution in [0.25, 0.3) is 6.08 Å². The molecule has 0 radical (unpaired) electrons. The lowest BCUT2D eigenvalue weighted by Gasteiger charge is -2.37. The van der Waals surface area contributed by atoms with Gasteiger partial charge in [-0.3, -0.25) is 14.6 Å². The van der Waals surface area contributed by atoms with Crippen molar-refractivity contribution in [3.8, 4) is 0 Å². The van der Waals surface area contributed by atoms with Crippen molar-refractivity contribution in [1.29, 1.82) is 0 Å². The van der Waals surface area contributed by atoms with Gasteiger partial charge in [0.1, 0.15) is 22.9 Å². The highest BCUT2D eigenvalue weighted by Gasteiger charge is 2.46. The Labute approximate surface area is 261 Å². The van der Waals surface area contributed by atoms with E-state index >= 15 is 0 Å². The van der Waals surface area contributed by atoms with Crippen molar-refractivity contribution in [3.05, 3.63) is 74.9 Å². The number of halogens is 2. The maximum Gasteiger partial charge on any atom is 0.253 e. The molecule has 3 aliphatic heterocycles. The summed E-state index contributed by atoms with van der Waals surface area (Å²) >= 11 is 1.56. The molecule has 0 aliphatic carbocycles. The second kappa shape index (κ2) is 12.3. The van der Waals surface area contributed by atoms with Crippen LogP contribution in [0.4, 0.5) is 8.78 Å². The van der Waals surface area contributed by atoms with Crippen LogP contribution in [0.15, 0.2) is 40.7 Å². The van der Waals surface area contributed by atoms with E-state index in [0.29, 0.717) is 68.8 Å². The number of aliphatic hydroxyl groups is 2. The van der Waals surface area contributed by atoms with Gasteiger partial charge in [0.2, 0.25) is 0 Å². The van der Waals surface area contributed by atoms with E-state index < -0.39 is 22.6 Å². The highest BCUT2D eigenvalue weighted by atomic mass is 32.2. The van der Waals surface area contributed by atoms with Gasteiger partial charge in [-0.1, -0.05) is 11.9 Å². The van der Waals surface area contributed by atoms with E-state index in [1.807, 2.05) is 37.5 Å². The normalized spacial score (nSPS) is 20.3. The van der Waals surface area contributed by atoms with Crippen LogP contribution in [0, 0.1) is 19.7 Å². The van der Waals surface area contributed by atoms with Crippen molar-refractivity contribution < 1.29 is 28.6 Å². The lowest BCUT2D eigenvalue weighted by Crippen LogP contribution is -2.48. The Hall–Kier alpha value is -3.12. The number of rotatable bonds is 7. The molecule has 2 saturated heterocycles. The molecule has 2 amide bonds. The van der Waals surface area contributed by atoms with E-state index in [0.717, 1.165) is 16.7 Å². The van der Waals surface area contributed by atoms with Gasteiger partial charge in [-0.15, -0.1) is 0 Å². The summed E-state index contributed by atoms with van der Waals surface area (Å²) in [7, 11) is 0. The lowest BCUT2D eigenvalue weighted by molar-refractivity contribution is -0.124. The summed E-state index contributed by atoms with van der Waals surface area (Å²) in [5.74, 6) is -0.546. The first-order valence-corrected chi connectivity index (χ1v) is 15.8. The lowest BCUT2D eigenvalue weighted by atomic mass is 9.89. The molecule has 3 N–H and O–H groups in total. The molecule has 0 unspecified atom stereocenters. The third-order valence-electron chi connectivity index (χ3n) is 8.97. The topological polar surface area (TPSA) is 105 Å². The molecule has 2 aromatic rings. The SMILES string of the molecule is Cc1cc(C(=O)N2CCC(O)(CO)CC2)cc(C)c1/C=C/SN1CCC2(CC1)N=C(c1ccc(F)c(C(C)(C)F)c1)NC2=O. The second-order valence-electron chi connectivity index (χ2n) is 12.6. The number of benzene rings is 2. The second-order valence-corrected chi connectivity index (χ2v) is 13.6. The third kappa shape index (κ3) is 6.61. The van der Waals surface area contributed by atoms with Gasteiger partial charge in [0, 0.05) is 42.9 Å². The van der Waals surface area contributed by atoms with Gasteiger partial charge in [0.15, 0.2) is 0 Å². The minimum Gasteiger partial charge on any atom is -0.393 e. The van der Waals surface area contributed by atoms with Gasteiger partial charge in [-0.2, -0.15) is 0 Å². The largest absolute Gasteiger partial charge is 0.393 e. The Morgan fingerprint density at radius 2 is 1.73 bits per heavy atom. The Morgan fingerprint density at radius 3 is 2.32 bits per heavy atom. The number of aliphatic imine (C=N–C) groups is 1. The third-order valence-corrected chi connectivity index (χ3v) is 9.89. The molecule has 0 atom stereocenters. The zero-order chi connectivity index (χ0) is 31.9. The number of carbonyl (C=O) groups is 2. The number of amides is 2. The van der Waals surface area contributed by atoms with Crippen molar-refractivity contribution in [3.63, 3.8) is 0 Å². The number of aliphatic hydroxyl groups excluding tert-OH is 1. The fraction of sp³-hybridized carbons (Fsp3) is 0.485. The minimum absolute atomic E-state index is 0.0721. The molecule has 3 heterocycles. The predicted molar refractivity (Wildman–Crippen MR) is 168 cm³/mol. The molecule has 2 fully saturated rings. The maximum absolute atomic E-state index is 14.5. The number of aryl methyl sites for hydroxylation is 2. The fourth-order valence-corrected chi connectivity index (χ4v) is 6.86. The van der Waals surface area contributed by atoms with E-state index in [1.54, 1.807) is 16.8 Å². The van der Waals surface area contributed by atoms with Gasteiger partial charge in [0.25, 0.3) is 11.8 Å². The molecule has 1 spiro atoms. The highest BCUT2D eigenvalue weighted by molar-refractivity contribution is 8.00. The van der Waals surface area contributed by atoms with E-state index in [-0.39, 0.29) is 24.0 Å². The number of nitrogens with zero attached hydrogens (tertiary/aromatic N) is 3. The van der Waals surface area contributed by atoms with Crippen LogP contribution in [-0.2, 0) is 10.5 Å². The Morgan fingerprint density at radius 1 is 1.09 bits per heavy atom. The Balaban J connectivity index is 1.19. The van der Waals surface area contributed by atoms with Crippen molar-refractivity contribution in [2.24, 2.45) is 4.99 Å². The summed E-state index contributed by atoms with van der Waals surface area (Å²) in [6, 6.07) is 7.92. The molecule has 8 nitrogen and oxygen atoms in total.